The number of imidazole rings is 1. The predicted molar refractivity (Wildman–Crippen MR) is 77.8 cm³/mol. The maximum absolute atomic E-state index is 5.98. The van der Waals surface area contributed by atoms with E-state index in [1.807, 2.05) is 30.5 Å². The van der Waals surface area contributed by atoms with Gasteiger partial charge in [-0.3, -0.25) is 0 Å². The first-order valence-corrected chi connectivity index (χ1v) is 6.22. The second kappa shape index (κ2) is 5.63. The van der Waals surface area contributed by atoms with E-state index in [4.69, 9.17) is 10.5 Å². The van der Waals surface area contributed by atoms with Crippen molar-refractivity contribution in [3.05, 3.63) is 36.2 Å². The Morgan fingerprint density at radius 3 is 2.74 bits per heavy atom. The largest absolute Gasteiger partial charge is 0.497 e. The number of hydrogen-bond donors (Lipinski definition) is 1. The third kappa shape index (κ3) is 2.60. The summed E-state index contributed by atoms with van der Waals surface area (Å²) in [6, 6.07) is 8.29. The number of rotatable bonds is 2. The third-order valence-corrected chi connectivity index (χ3v) is 3.48. The summed E-state index contributed by atoms with van der Waals surface area (Å²) in [5.41, 5.74) is 8.34. The van der Waals surface area contributed by atoms with Gasteiger partial charge < -0.3 is 15.0 Å². The van der Waals surface area contributed by atoms with Crippen LogP contribution in [-0.4, -0.2) is 22.7 Å². The van der Waals surface area contributed by atoms with Gasteiger partial charge in [0, 0.05) is 36.5 Å². The van der Waals surface area contributed by atoms with Gasteiger partial charge in [-0.15, -0.1) is 12.4 Å². The van der Waals surface area contributed by atoms with Crippen LogP contribution < -0.4 is 10.5 Å². The molecule has 0 radical (unpaired) electrons. The number of hydrogen-bond acceptors (Lipinski definition) is 3. The van der Waals surface area contributed by atoms with E-state index in [0.29, 0.717) is 0 Å². The van der Waals surface area contributed by atoms with E-state index in [-0.39, 0.29) is 18.4 Å². The molecule has 0 saturated heterocycles. The Hall–Kier alpha value is -1.52. The first-order chi connectivity index (χ1) is 8.78. The third-order valence-electron chi connectivity index (χ3n) is 3.48. The van der Waals surface area contributed by atoms with Gasteiger partial charge in [0.1, 0.15) is 11.6 Å². The Balaban J connectivity index is 0.00000133. The van der Waals surface area contributed by atoms with Crippen LogP contribution in [0.1, 0.15) is 12.1 Å². The number of nitrogens with two attached hydrogens (primary N) is 1. The number of aromatic nitrogens is 2. The SMILES string of the molecule is COc1ccc(-c2ncc3n2CCC(N)C3)cc1.Cl. The molecule has 1 atom stereocenters. The minimum Gasteiger partial charge on any atom is -0.497 e. The van der Waals surface area contributed by atoms with Crippen molar-refractivity contribution in [1.82, 2.24) is 9.55 Å². The van der Waals surface area contributed by atoms with Gasteiger partial charge in [-0.2, -0.15) is 0 Å². The molecule has 0 spiro atoms. The zero-order chi connectivity index (χ0) is 12.5. The second-order valence-electron chi connectivity index (χ2n) is 4.71. The van der Waals surface area contributed by atoms with Crippen molar-refractivity contribution in [3.63, 3.8) is 0 Å². The van der Waals surface area contributed by atoms with Crippen molar-refractivity contribution < 1.29 is 4.74 Å². The van der Waals surface area contributed by atoms with E-state index in [0.717, 1.165) is 36.5 Å². The summed E-state index contributed by atoms with van der Waals surface area (Å²) in [6.45, 7) is 0.956. The van der Waals surface area contributed by atoms with Crippen LogP contribution in [0.15, 0.2) is 30.5 Å². The van der Waals surface area contributed by atoms with E-state index in [2.05, 4.69) is 9.55 Å². The van der Waals surface area contributed by atoms with Crippen LogP contribution in [0.4, 0.5) is 0 Å². The molecule has 1 aromatic carbocycles. The highest BCUT2D eigenvalue weighted by Gasteiger charge is 2.19. The van der Waals surface area contributed by atoms with Crippen LogP contribution in [0.3, 0.4) is 0 Å². The van der Waals surface area contributed by atoms with Crippen molar-refractivity contribution in [3.8, 4) is 17.1 Å². The highest BCUT2D eigenvalue weighted by Crippen LogP contribution is 2.25. The zero-order valence-electron chi connectivity index (χ0n) is 10.9. The van der Waals surface area contributed by atoms with Gasteiger partial charge in [0.15, 0.2) is 0 Å². The Morgan fingerprint density at radius 2 is 2.05 bits per heavy atom. The highest BCUT2D eigenvalue weighted by molar-refractivity contribution is 5.85. The summed E-state index contributed by atoms with van der Waals surface area (Å²) in [5.74, 6) is 1.89. The fourth-order valence-corrected chi connectivity index (χ4v) is 2.46. The van der Waals surface area contributed by atoms with Crippen LogP contribution in [0.25, 0.3) is 11.4 Å². The highest BCUT2D eigenvalue weighted by atomic mass is 35.5. The van der Waals surface area contributed by atoms with Crippen molar-refractivity contribution in [2.45, 2.75) is 25.4 Å². The summed E-state index contributed by atoms with van der Waals surface area (Å²) in [6.07, 6.45) is 3.88. The van der Waals surface area contributed by atoms with Gasteiger partial charge in [-0.25, -0.2) is 4.98 Å². The molecule has 19 heavy (non-hydrogen) atoms. The van der Waals surface area contributed by atoms with E-state index >= 15 is 0 Å². The lowest BCUT2D eigenvalue weighted by Gasteiger charge is -2.21. The summed E-state index contributed by atoms with van der Waals surface area (Å²) in [4.78, 5) is 4.52. The molecule has 2 heterocycles. The van der Waals surface area contributed by atoms with E-state index in [9.17, 15) is 0 Å². The molecule has 0 saturated carbocycles. The molecule has 5 heteroatoms. The fourth-order valence-electron chi connectivity index (χ4n) is 2.46. The topological polar surface area (TPSA) is 53.1 Å². The van der Waals surface area contributed by atoms with Crippen molar-refractivity contribution in [2.75, 3.05) is 7.11 Å². The van der Waals surface area contributed by atoms with Crippen LogP contribution in [-0.2, 0) is 13.0 Å². The average molecular weight is 280 g/mol. The molecular weight excluding hydrogens is 262 g/mol. The van der Waals surface area contributed by atoms with Gasteiger partial charge in [0.05, 0.1) is 7.11 Å². The van der Waals surface area contributed by atoms with E-state index in [1.165, 1.54) is 5.69 Å². The van der Waals surface area contributed by atoms with Crippen molar-refractivity contribution in [2.24, 2.45) is 5.73 Å². The molecule has 0 bridgehead atoms. The number of halogens is 1. The molecule has 0 amide bonds. The second-order valence-corrected chi connectivity index (χ2v) is 4.71. The molecule has 0 fully saturated rings. The Labute approximate surface area is 119 Å². The molecule has 102 valence electrons. The standard InChI is InChI=1S/C14H17N3O.ClH/c1-18-13-4-2-10(3-5-13)14-16-9-12-8-11(15)6-7-17(12)14;/h2-5,9,11H,6-8,15H2,1H3;1H. The fraction of sp³-hybridized carbons (Fsp3) is 0.357. The lowest BCUT2D eigenvalue weighted by Crippen LogP contribution is -2.30. The number of ether oxygens (including phenoxy) is 1. The lowest BCUT2D eigenvalue weighted by atomic mass is 10.1. The van der Waals surface area contributed by atoms with E-state index in [1.54, 1.807) is 7.11 Å². The molecule has 3 rings (SSSR count). The Morgan fingerprint density at radius 1 is 1.32 bits per heavy atom. The smallest absolute Gasteiger partial charge is 0.140 e. The number of methoxy groups -OCH3 is 1. The van der Waals surface area contributed by atoms with Gasteiger partial charge >= 0.3 is 0 Å². The predicted octanol–water partition coefficient (Wildman–Crippen LogP) is 2.25. The lowest BCUT2D eigenvalue weighted by molar-refractivity contribution is 0.415. The van der Waals surface area contributed by atoms with E-state index < -0.39 is 0 Å². The van der Waals surface area contributed by atoms with Gasteiger partial charge in [-0.1, -0.05) is 0 Å². The summed E-state index contributed by atoms with van der Waals surface area (Å²) in [5, 5.41) is 0. The van der Waals surface area contributed by atoms with Gasteiger partial charge in [-0.05, 0) is 30.7 Å². The molecule has 1 aliphatic rings. The molecule has 1 aliphatic heterocycles. The molecule has 4 nitrogen and oxygen atoms in total. The molecule has 2 N–H and O–H groups in total. The number of benzene rings is 1. The first-order valence-electron chi connectivity index (χ1n) is 6.22. The molecule has 2 aromatic rings. The Kier molecular flexibility index (Phi) is 4.12. The normalized spacial score (nSPS) is 17.5. The molecule has 1 aromatic heterocycles. The molecule has 0 aliphatic carbocycles. The summed E-state index contributed by atoms with van der Waals surface area (Å²) in [7, 11) is 1.67. The summed E-state index contributed by atoms with van der Waals surface area (Å²) < 4.78 is 7.44. The zero-order valence-corrected chi connectivity index (χ0v) is 11.7. The number of fused-ring (bicyclic) bond motifs is 1. The maximum atomic E-state index is 5.98. The Bertz CT molecular complexity index is 550. The van der Waals surface area contributed by atoms with Crippen molar-refractivity contribution >= 4 is 12.4 Å². The summed E-state index contributed by atoms with van der Waals surface area (Å²) >= 11 is 0. The monoisotopic (exact) mass is 279 g/mol. The average Bonchev–Trinajstić information content (AvgIpc) is 2.81. The first kappa shape index (κ1) is 13.9. The molecule has 1 unspecified atom stereocenters. The van der Waals surface area contributed by atoms with Gasteiger partial charge in [0.2, 0.25) is 0 Å². The maximum Gasteiger partial charge on any atom is 0.140 e. The minimum absolute atomic E-state index is 0. The number of nitrogens with zero attached hydrogens (tertiary/aromatic N) is 2. The van der Waals surface area contributed by atoms with Crippen LogP contribution in [0, 0.1) is 0 Å². The van der Waals surface area contributed by atoms with Crippen LogP contribution >= 0.6 is 12.4 Å². The minimum atomic E-state index is 0. The van der Waals surface area contributed by atoms with Crippen LogP contribution in [0.5, 0.6) is 5.75 Å². The van der Waals surface area contributed by atoms with Crippen molar-refractivity contribution in [1.29, 1.82) is 0 Å². The molecular formula is C14H18ClN3O. The van der Waals surface area contributed by atoms with Gasteiger partial charge in [0.25, 0.3) is 0 Å². The van der Waals surface area contributed by atoms with Crippen LogP contribution in [0.2, 0.25) is 0 Å². The quantitative estimate of drug-likeness (QED) is 0.917.